The number of hydrogen-bond acceptors (Lipinski definition) is 8. The average molecular weight is 469 g/mol. The van der Waals surface area contributed by atoms with Crippen molar-refractivity contribution < 1.29 is 18.9 Å². The molecule has 0 bridgehead atoms. The molecule has 3 rings (SSSR count). The summed E-state index contributed by atoms with van der Waals surface area (Å²) in [4.78, 5) is 22.6. The Bertz CT molecular complexity index is 1080. The Labute approximate surface area is 184 Å². The third kappa shape index (κ3) is 5.62. The molecule has 1 heterocycles. The maximum absolute atomic E-state index is 12.1. The highest BCUT2D eigenvalue weighted by Gasteiger charge is 2.19. The van der Waals surface area contributed by atoms with E-state index in [-0.39, 0.29) is 28.2 Å². The molecule has 3 aromatic rings. The summed E-state index contributed by atoms with van der Waals surface area (Å²) in [5.41, 5.74) is -0.0797. The number of nitrogens with zero attached hydrogens (tertiary/aromatic N) is 3. The van der Waals surface area contributed by atoms with Crippen LogP contribution in [0.3, 0.4) is 0 Å². The largest absolute Gasteiger partial charge is 0.479 e. The summed E-state index contributed by atoms with van der Waals surface area (Å²) >= 11 is 12.9. The molecular weight excluding hydrogens is 455 g/mol. The molecule has 1 N–H and O–H groups in total. The van der Waals surface area contributed by atoms with Crippen molar-refractivity contribution >= 4 is 52.2 Å². The van der Waals surface area contributed by atoms with E-state index in [9.17, 15) is 14.9 Å². The number of halogens is 2. The van der Waals surface area contributed by atoms with Crippen molar-refractivity contribution in [1.29, 1.82) is 0 Å². The van der Waals surface area contributed by atoms with Crippen LogP contribution in [-0.4, -0.2) is 26.8 Å². The molecule has 0 aliphatic heterocycles. The number of thioether (sulfide) groups is 1. The second-order valence-electron chi connectivity index (χ2n) is 5.85. The van der Waals surface area contributed by atoms with Gasteiger partial charge in [0, 0.05) is 11.1 Å². The second kappa shape index (κ2) is 9.79. The molecule has 0 aliphatic carbocycles. The van der Waals surface area contributed by atoms with Crippen LogP contribution in [0.25, 0.3) is 0 Å². The van der Waals surface area contributed by atoms with E-state index in [1.165, 1.54) is 18.2 Å². The minimum atomic E-state index is -0.591. The molecule has 0 saturated carbocycles. The first-order valence-electron chi connectivity index (χ1n) is 8.44. The Morgan fingerprint density at radius 3 is 2.80 bits per heavy atom. The number of rotatable bonds is 8. The van der Waals surface area contributed by atoms with E-state index in [0.717, 1.165) is 11.8 Å². The smallest absolute Gasteiger partial charge is 0.292 e. The molecule has 9 nitrogen and oxygen atoms in total. The molecule has 30 heavy (non-hydrogen) atoms. The van der Waals surface area contributed by atoms with Crippen molar-refractivity contribution in [2.75, 3.05) is 11.1 Å². The molecule has 156 valence electrons. The number of nitrogens with one attached hydrogen (secondary N) is 1. The van der Waals surface area contributed by atoms with Crippen LogP contribution in [0.15, 0.2) is 52.1 Å². The van der Waals surface area contributed by atoms with Gasteiger partial charge in [0.05, 0.1) is 15.7 Å². The molecule has 0 fully saturated rings. The van der Waals surface area contributed by atoms with Gasteiger partial charge in [-0.2, -0.15) is 0 Å². The predicted octanol–water partition coefficient (Wildman–Crippen LogP) is 5.16. The van der Waals surface area contributed by atoms with Gasteiger partial charge in [-0.25, -0.2) is 0 Å². The molecule has 2 aromatic carbocycles. The fourth-order valence-electron chi connectivity index (χ4n) is 2.31. The monoisotopic (exact) mass is 468 g/mol. The van der Waals surface area contributed by atoms with E-state index in [2.05, 4.69) is 15.5 Å². The van der Waals surface area contributed by atoms with Crippen LogP contribution in [0, 0.1) is 10.1 Å². The Kier molecular flexibility index (Phi) is 7.14. The van der Waals surface area contributed by atoms with Gasteiger partial charge in [-0.1, -0.05) is 47.1 Å². The highest BCUT2D eigenvalue weighted by atomic mass is 35.5. The lowest BCUT2D eigenvalue weighted by Crippen LogP contribution is -2.15. The SMILES string of the molecule is C[C@H](Oc1ccc(Cl)cc1Cl)c1nnc(SCC(=O)Nc2ccccc2[N+](=O)[O-])o1. The summed E-state index contributed by atoms with van der Waals surface area (Å²) in [5, 5.41) is 22.2. The van der Waals surface area contributed by atoms with Gasteiger partial charge in [-0.15, -0.1) is 10.2 Å². The third-order valence-electron chi connectivity index (χ3n) is 3.67. The number of aromatic nitrogens is 2. The molecule has 1 atom stereocenters. The standard InChI is InChI=1S/C18H14Cl2N4O5S/c1-10(28-15-7-6-11(19)8-12(15)20)17-22-23-18(29-17)30-9-16(25)21-13-4-2-3-5-14(13)24(26)27/h2-8,10H,9H2,1H3,(H,21,25)/t10-/m0/s1. The summed E-state index contributed by atoms with van der Waals surface area (Å²) in [6.45, 7) is 1.70. The van der Waals surface area contributed by atoms with Crippen LogP contribution in [0.2, 0.25) is 10.0 Å². The van der Waals surface area contributed by atoms with Gasteiger partial charge in [-0.3, -0.25) is 14.9 Å². The van der Waals surface area contributed by atoms with Gasteiger partial charge >= 0.3 is 0 Å². The van der Waals surface area contributed by atoms with E-state index >= 15 is 0 Å². The predicted molar refractivity (Wildman–Crippen MR) is 112 cm³/mol. The third-order valence-corrected chi connectivity index (χ3v) is 5.02. The summed E-state index contributed by atoms with van der Waals surface area (Å²) in [7, 11) is 0. The van der Waals surface area contributed by atoms with Gasteiger partial charge in [0.1, 0.15) is 11.4 Å². The van der Waals surface area contributed by atoms with Crippen LogP contribution < -0.4 is 10.1 Å². The maximum atomic E-state index is 12.1. The zero-order chi connectivity index (χ0) is 21.7. The Morgan fingerprint density at radius 1 is 1.30 bits per heavy atom. The van der Waals surface area contributed by atoms with Gasteiger partial charge in [0.2, 0.25) is 5.91 Å². The van der Waals surface area contributed by atoms with Gasteiger partial charge in [0.25, 0.3) is 16.8 Å². The Morgan fingerprint density at radius 2 is 2.07 bits per heavy atom. The van der Waals surface area contributed by atoms with Crippen molar-refractivity contribution in [1.82, 2.24) is 10.2 Å². The number of carbonyl (C=O) groups excluding carboxylic acids is 1. The summed E-state index contributed by atoms with van der Waals surface area (Å²) in [6.07, 6.45) is -0.591. The van der Waals surface area contributed by atoms with Crippen LogP contribution in [0.5, 0.6) is 5.75 Å². The number of nitro groups is 1. The minimum absolute atomic E-state index is 0.0774. The summed E-state index contributed by atoms with van der Waals surface area (Å²) in [5.74, 6) is 0.0741. The van der Waals surface area contributed by atoms with Crippen LogP contribution in [0.1, 0.15) is 18.9 Å². The van der Waals surface area contributed by atoms with E-state index in [1.54, 1.807) is 31.2 Å². The van der Waals surface area contributed by atoms with Crippen molar-refractivity contribution in [2.24, 2.45) is 0 Å². The summed E-state index contributed by atoms with van der Waals surface area (Å²) < 4.78 is 11.2. The molecule has 0 aliphatic rings. The number of benzene rings is 2. The van der Waals surface area contributed by atoms with Gasteiger partial charge < -0.3 is 14.5 Å². The van der Waals surface area contributed by atoms with E-state index in [1.807, 2.05) is 0 Å². The number of anilines is 1. The van der Waals surface area contributed by atoms with E-state index < -0.39 is 16.9 Å². The molecule has 0 radical (unpaired) electrons. The number of ether oxygens (including phenoxy) is 1. The van der Waals surface area contributed by atoms with Gasteiger partial charge in [0.15, 0.2) is 6.10 Å². The first kappa shape index (κ1) is 21.9. The molecule has 12 heteroatoms. The molecule has 0 unspecified atom stereocenters. The van der Waals surface area contributed by atoms with Crippen LogP contribution >= 0.6 is 35.0 Å². The van der Waals surface area contributed by atoms with Crippen molar-refractivity contribution in [3.8, 4) is 5.75 Å². The number of carbonyl (C=O) groups is 1. The van der Waals surface area contributed by atoms with Crippen molar-refractivity contribution in [2.45, 2.75) is 18.3 Å². The highest BCUT2D eigenvalue weighted by Crippen LogP contribution is 2.31. The van der Waals surface area contributed by atoms with E-state index in [0.29, 0.717) is 15.8 Å². The van der Waals surface area contributed by atoms with Crippen LogP contribution in [0.4, 0.5) is 11.4 Å². The zero-order valence-corrected chi connectivity index (χ0v) is 17.7. The minimum Gasteiger partial charge on any atom is -0.479 e. The summed E-state index contributed by atoms with van der Waals surface area (Å²) in [6, 6.07) is 10.7. The number of para-hydroxylation sites is 2. The fraction of sp³-hybridized carbons (Fsp3) is 0.167. The molecule has 0 spiro atoms. The van der Waals surface area contributed by atoms with Gasteiger partial charge in [-0.05, 0) is 31.2 Å². The number of nitro benzene ring substituents is 1. The number of amides is 1. The number of hydrogen-bond donors (Lipinski definition) is 1. The first-order chi connectivity index (χ1) is 14.3. The zero-order valence-electron chi connectivity index (χ0n) is 15.4. The Hall–Kier alpha value is -2.82. The molecule has 0 saturated heterocycles. The average Bonchev–Trinajstić information content (AvgIpc) is 3.18. The lowest BCUT2D eigenvalue weighted by Gasteiger charge is -2.12. The van der Waals surface area contributed by atoms with Crippen LogP contribution in [-0.2, 0) is 4.79 Å². The molecular formula is C18H14Cl2N4O5S. The van der Waals surface area contributed by atoms with E-state index in [4.69, 9.17) is 32.4 Å². The van der Waals surface area contributed by atoms with Crippen molar-refractivity contribution in [3.05, 3.63) is 68.5 Å². The Balaban J connectivity index is 1.56. The van der Waals surface area contributed by atoms with Crippen molar-refractivity contribution in [3.63, 3.8) is 0 Å². The molecule has 1 amide bonds. The highest BCUT2D eigenvalue weighted by molar-refractivity contribution is 7.99. The lowest BCUT2D eigenvalue weighted by atomic mass is 10.2. The maximum Gasteiger partial charge on any atom is 0.292 e. The normalized spacial score (nSPS) is 11.7. The fourth-order valence-corrected chi connectivity index (χ4v) is 3.33. The molecule has 1 aromatic heterocycles. The lowest BCUT2D eigenvalue weighted by molar-refractivity contribution is -0.383. The quantitative estimate of drug-likeness (QED) is 0.273. The first-order valence-corrected chi connectivity index (χ1v) is 10.2. The second-order valence-corrected chi connectivity index (χ2v) is 7.62. The topological polar surface area (TPSA) is 120 Å².